The van der Waals surface area contributed by atoms with Crippen LogP contribution in [-0.4, -0.2) is 31.6 Å². The van der Waals surface area contributed by atoms with Crippen molar-refractivity contribution >= 4 is 5.69 Å². The molecule has 0 heterocycles. The molecule has 0 aliphatic carbocycles. The third kappa shape index (κ3) is 3.61. The number of benzene rings is 1. The number of nitriles is 1. The zero-order valence-corrected chi connectivity index (χ0v) is 9.49. The number of nitrogens with zero attached hydrogens (tertiary/aromatic N) is 2. The van der Waals surface area contributed by atoms with Crippen LogP contribution >= 0.6 is 0 Å². The van der Waals surface area contributed by atoms with Gasteiger partial charge in [-0.2, -0.15) is 5.26 Å². The molecule has 80 valence electrons. The molecule has 0 radical (unpaired) electrons. The summed E-state index contributed by atoms with van der Waals surface area (Å²) in [6.07, 6.45) is 0. The van der Waals surface area contributed by atoms with E-state index in [0.29, 0.717) is 11.6 Å². The molecular formula is C12H17N3. The Hall–Kier alpha value is -1.53. The van der Waals surface area contributed by atoms with Gasteiger partial charge in [0.2, 0.25) is 0 Å². The van der Waals surface area contributed by atoms with Crippen molar-refractivity contribution in [2.45, 2.75) is 13.0 Å². The molecule has 1 rings (SSSR count). The van der Waals surface area contributed by atoms with Crippen molar-refractivity contribution in [3.05, 3.63) is 29.8 Å². The van der Waals surface area contributed by atoms with Crippen molar-refractivity contribution in [2.24, 2.45) is 0 Å². The predicted octanol–water partition coefficient (Wildman–Crippen LogP) is 1.92. The maximum absolute atomic E-state index is 8.74. The molecule has 0 amide bonds. The van der Waals surface area contributed by atoms with Crippen molar-refractivity contribution in [1.29, 1.82) is 5.26 Å². The molecule has 0 aliphatic heterocycles. The highest BCUT2D eigenvalue weighted by molar-refractivity contribution is 5.49. The minimum Gasteiger partial charge on any atom is -0.383 e. The van der Waals surface area contributed by atoms with E-state index in [4.69, 9.17) is 5.26 Å². The molecule has 1 atom stereocenters. The van der Waals surface area contributed by atoms with Crippen LogP contribution in [0, 0.1) is 11.3 Å². The van der Waals surface area contributed by atoms with E-state index >= 15 is 0 Å². The summed E-state index contributed by atoms with van der Waals surface area (Å²) in [5.74, 6) is 0. The minimum absolute atomic E-state index is 0.468. The molecule has 1 aromatic carbocycles. The number of hydrogen-bond acceptors (Lipinski definition) is 3. The minimum atomic E-state index is 0.468. The highest BCUT2D eigenvalue weighted by Gasteiger charge is 2.03. The van der Waals surface area contributed by atoms with E-state index in [2.05, 4.69) is 37.3 Å². The van der Waals surface area contributed by atoms with Crippen LogP contribution in [0.2, 0.25) is 0 Å². The van der Waals surface area contributed by atoms with Gasteiger partial charge >= 0.3 is 0 Å². The molecule has 3 nitrogen and oxygen atoms in total. The first kappa shape index (κ1) is 11.5. The third-order valence-corrected chi connectivity index (χ3v) is 2.47. The van der Waals surface area contributed by atoms with Crippen molar-refractivity contribution < 1.29 is 0 Å². The summed E-state index contributed by atoms with van der Waals surface area (Å²) >= 11 is 0. The van der Waals surface area contributed by atoms with Crippen LogP contribution in [0.15, 0.2) is 24.3 Å². The molecule has 0 aromatic heterocycles. The van der Waals surface area contributed by atoms with Gasteiger partial charge in [0.15, 0.2) is 0 Å². The van der Waals surface area contributed by atoms with Crippen LogP contribution in [0.3, 0.4) is 0 Å². The SMILES string of the molecule is CC(CNc1cccc(C#N)c1)N(C)C. The van der Waals surface area contributed by atoms with Crippen LogP contribution in [-0.2, 0) is 0 Å². The predicted molar refractivity (Wildman–Crippen MR) is 62.8 cm³/mol. The fraction of sp³-hybridized carbons (Fsp3) is 0.417. The van der Waals surface area contributed by atoms with Gasteiger partial charge in [-0.3, -0.25) is 0 Å². The summed E-state index contributed by atoms with van der Waals surface area (Å²) < 4.78 is 0. The Morgan fingerprint density at radius 3 is 2.80 bits per heavy atom. The number of hydrogen-bond donors (Lipinski definition) is 1. The van der Waals surface area contributed by atoms with Gasteiger partial charge in [-0.05, 0) is 39.2 Å². The number of likely N-dealkylation sites (N-methyl/N-ethyl adjacent to an activating group) is 1. The van der Waals surface area contributed by atoms with Gasteiger partial charge in [-0.25, -0.2) is 0 Å². The summed E-state index contributed by atoms with van der Waals surface area (Å²) in [4.78, 5) is 2.15. The van der Waals surface area contributed by atoms with Gasteiger partial charge < -0.3 is 10.2 Å². The molecule has 0 fully saturated rings. The van der Waals surface area contributed by atoms with E-state index in [0.717, 1.165) is 12.2 Å². The zero-order chi connectivity index (χ0) is 11.3. The van der Waals surface area contributed by atoms with Crippen LogP contribution in [0.25, 0.3) is 0 Å². The van der Waals surface area contributed by atoms with E-state index in [1.54, 1.807) is 6.07 Å². The number of rotatable bonds is 4. The molecular weight excluding hydrogens is 186 g/mol. The van der Waals surface area contributed by atoms with E-state index in [1.807, 2.05) is 18.2 Å². The standard InChI is InChI=1S/C12H17N3/c1-10(15(2)3)9-14-12-6-4-5-11(7-12)8-13/h4-7,10,14H,9H2,1-3H3. The van der Waals surface area contributed by atoms with Crippen molar-refractivity contribution in [3.8, 4) is 6.07 Å². The fourth-order valence-electron chi connectivity index (χ4n) is 1.15. The first-order valence-electron chi connectivity index (χ1n) is 5.04. The van der Waals surface area contributed by atoms with E-state index in [1.165, 1.54) is 0 Å². The molecule has 0 saturated carbocycles. The lowest BCUT2D eigenvalue weighted by molar-refractivity contribution is 0.326. The van der Waals surface area contributed by atoms with E-state index in [-0.39, 0.29) is 0 Å². The smallest absolute Gasteiger partial charge is 0.0992 e. The van der Waals surface area contributed by atoms with Gasteiger partial charge in [-0.15, -0.1) is 0 Å². The van der Waals surface area contributed by atoms with Gasteiger partial charge in [0, 0.05) is 18.3 Å². The maximum atomic E-state index is 8.74. The second-order valence-corrected chi connectivity index (χ2v) is 3.89. The lowest BCUT2D eigenvalue weighted by Crippen LogP contribution is -2.31. The van der Waals surface area contributed by atoms with E-state index in [9.17, 15) is 0 Å². The summed E-state index contributed by atoms with van der Waals surface area (Å²) in [7, 11) is 4.11. The Labute approximate surface area is 91.3 Å². The molecule has 15 heavy (non-hydrogen) atoms. The lowest BCUT2D eigenvalue weighted by Gasteiger charge is -2.20. The Kier molecular flexibility index (Phi) is 4.14. The van der Waals surface area contributed by atoms with Gasteiger partial charge in [-0.1, -0.05) is 6.07 Å². The second-order valence-electron chi connectivity index (χ2n) is 3.89. The molecule has 0 aliphatic rings. The topological polar surface area (TPSA) is 39.1 Å². The van der Waals surface area contributed by atoms with Crippen LogP contribution in [0.1, 0.15) is 12.5 Å². The first-order valence-corrected chi connectivity index (χ1v) is 5.04. The van der Waals surface area contributed by atoms with Crippen molar-refractivity contribution in [3.63, 3.8) is 0 Å². The average molecular weight is 203 g/mol. The second kappa shape index (κ2) is 5.38. The van der Waals surface area contributed by atoms with Gasteiger partial charge in [0.05, 0.1) is 11.6 Å². The molecule has 0 spiro atoms. The molecule has 3 heteroatoms. The third-order valence-electron chi connectivity index (χ3n) is 2.47. The van der Waals surface area contributed by atoms with Gasteiger partial charge in [0.25, 0.3) is 0 Å². The molecule has 1 aromatic rings. The highest BCUT2D eigenvalue weighted by Crippen LogP contribution is 2.09. The highest BCUT2D eigenvalue weighted by atomic mass is 15.1. The van der Waals surface area contributed by atoms with Gasteiger partial charge in [0.1, 0.15) is 0 Å². The molecule has 0 bridgehead atoms. The monoisotopic (exact) mass is 203 g/mol. The van der Waals surface area contributed by atoms with Crippen LogP contribution in [0.5, 0.6) is 0 Å². The maximum Gasteiger partial charge on any atom is 0.0992 e. The van der Waals surface area contributed by atoms with Crippen molar-refractivity contribution in [2.75, 3.05) is 26.0 Å². The summed E-state index contributed by atoms with van der Waals surface area (Å²) in [5, 5.41) is 12.0. The number of nitrogens with one attached hydrogen (secondary N) is 1. The quantitative estimate of drug-likeness (QED) is 0.812. The largest absolute Gasteiger partial charge is 0.383 e. The first-order chi connectivity index (χ1) is 7.13. The van der Waals surface area contributed by atoms with Crippen molar-refractivity contribution in [1.82, 2.24) is 4.90 Å². The fourth-order valence-corrected chi connectivity index (χ4v) is 1.15. The lowest BCUT2D eigenvalue weighted by atomic mass is 10.2. The average Bonchev–Trinajstić information content (AvgIpc) is 2.26. The molecule has 0 saturated heterocycles. The molecule has 1 N–H and O–H groups in total. The van der Waals surface area contributed by atoms with E-state index < -0.39 is 0 Å². The summed E-state index contributed by atoms with van der Waals surface area (Å²) in [6, 6.07) is 10.1. The number of anilines is 1. The zero-order valence-electron chi connectivity index (χ0n) is 9.49. The summed E-state index contributed by atoms with van der Waals surface area (Å²) in [6.45, 7) is 3.03. The Morgan fingerprint density at radius 2 is 2.20 bits per heavy atom. The molecule has 1 unspecified atom stereocenters. The summed E-state index contributed by atoms with van der Waals surface area (Å²) in [5.41, 5.74) is 1.69. The Morgan fingerprint density at radius 1 is 1.47 bits per heavy atom. The normalized spacial score (nSPS) is 12.2. The van der Waals surface area contributed by atoms with Crippen LogP contribution < -0.4 is 5.32 Å². The van der Waals surface area contributed by atoms with Crippen LogP contribution in [0.4, 0.5) is 5.69 Å². The Bertz CT molecular complexity index is 352. The Balaban J connectivity index is 2.55.